The van der Waals surface area contributed by atoms with Gasteiger partial charge >= 0.3 is 0 Å². The average Bonchev–Trinajstić information content (AvgIpc) is 3.34. The molecule has 2 fully saturated rings. The highest BCUT2D eigenvalue weighted by molar-refractivity contribution is 5.95. The second kappa shape index (κ2) is 8.85. The first kappa shape index (κ1) is 21.4. The first-order chi connectivity index (χ1) is 16.0. The lowest BCUT2D eigenvalue weighted by Crippen LogP contribution is -2.52. The largest absolute Gasteiger partial charge is 0.348 e. The maximum atomic E-state index is 13.6. The summed E-state index contributed by atoms with van der Waals surface area (Å²) in [5.74, 6) is 1.15. The van der Waals surface area contributed by atoms with Gasteiger partial charge in [-0.05, 0) is 43.0 Å². The molecule has 3 heterocycles. The van der Waals surface area contributed by atoms with Gasteiger partial charge in [0, 0.05) is 49.9 Å². The number of benzene rings is 2. The zero-order chi connectivity index (χ0) is 22.8. The summed E-state index contributed by atoms with van der Waals surface area (Å²) in [6.45, 7) is 3.80. The Morgan fingerprint density at radius 2 is 2.00 bits per heavy atom. The second-order valence-electron chi connectivity index (χ2n) is 9.36. The van der Waals surface area contributed by atoms with E-state index in [1.807, 2.05) is 60.5 Å². The van der Waals surface area contributed by atoms with Gasteiger partial charge in [0.05, 0.1) is 5.54 Å². The van der Waals surface area contributed by atoms with Gasteiger partial charge in [0.1, 0.15) is 5.82 Å². The highest BCUT2D eigenvalue weighted by Gasteiger charge is 2.49. The first-order valence-corrected chi connectivity index (χ1v) is 11.8. The van der Waals surface area contributed by atoms with Crippen molar-refractivity contribution in [2.45, 2.75) is 50.6 Å². The van der Waals surface area contributed by atoms with Crippen LogP contribution in [0.15, 0.2) is 67.0 Å². The van der Waals surface area contributed by atoms with Crippen LogP contribution in [-0.4, -0.2) is 44.9 Å². The van der Waals surface area contributed by atoms with Gasteiger partial charge < -0.3 is 14.8 Å². The molecule has 2 aliphatic rings. The lowest BCUT2D eigenvalue weighted by Gasteiger charge is -2.34. The molecule has 0 bridgehead atoms. The number of likely N-dealkylation sites (tertiary alicyclic amines) is 1. The Labute approximate surface area is 194 Å². The zero-order valence-corrected chi connectivity index (χ0v) is 19.0. The fourth-order valence-corrected chi connectivity index (χ4v) is 5.44. The molecule has 2 aromatic carbocycles. The average molecular weight is 443 g/mol. The van der Waals surface area contributed by atoms with E-state index in [9.17, 15) is 9.59 Å². The monoisotopic (exact) mass is 442 g/mol. The summed E-state index contributed by atoms with van der Waals surface area (Å²) in [6.07, 6.45) is 7.09. The molecule has 5 rings (SSSR count). The minimum absolute atomic E-state index is 0.0236. The number of nitrogens with one attached hydrogen (secondary N) is 1. The van der Waals surface area contributed by atoms with E-state index >= 15 is 0 Å². The topological polar surface area (TPSA) is 67.2 Å². The van der Waals surface area contributed by atoms with Crippen molar-refractivity contribution in [2.24, 2.45) is 0 Å². The molecule has 170 valence electrons. The highest BCUT2D eigenvalue weighted by Crippen LogP contribution is 2.41. The molecule has 6 heteroatoms. The van der Waals surface area contributed by atoms with Gasteiger partial charge in [0.2, 0.25) is 5.91 Å². The maximum absolute atomic E-state index is 13.6. The Morgan fingerprint density at radius 3 is 2.79 bits per heavy atom. The molecule has 2 amide bonds. The fraction of sp³-hybridized carbons (Fsp3) is 0.370. The number of hydrogen-bond donors (Lipinski definition) is 1. The highest BCUT2D eigenvalue weighted by atomic mass is 16.2. The minimum Gasteiger partial charge on any atom is -0.348 e. The summed E-state index contributed by atoms with van der Waals surface area (Å²) in [4.78, 5) is 32.4. The molecule has 1 aromatic heterocycles. The number of aromatic nitrogens is 2. The number of aryl methyl sites for hydroxylation is 1. The molecular formula is C27H30N4O2. The molecule has 0 unspecified atom stereocenters. The van der Waals surface area contributed by atoms with Crippen molar-refractivity contribution < 1.29 is 9.59 Å². The van der Waals surface area contributed by atoms with Crippen LogP contribution in [0, 0.1) is 6.92 Å². The molecule has 2 aliphatic heterocycles. The van der Waals surface area contributed by atoms with Crippen LogP contribution < -0.4 is 5.32 Å². The number of carbonyl (C=O) groups is 2. The van der Waals surface area contributed by atoms with Crippen molar-refractivity contribution in [2.75, 3.05) is 13.1 Å². The Bertz CT molecular complexity index is 1160. The second-order valence-corrected chi connectivity index (χ2v) is 9.36. The summed E-state index contributed by atoms with van der Waals surface area (Å²) >= 11 is 0. The van der Waals surface area contributed by atoms with E-state index in [-0.39, 0.29) is 17.7 Å². The third-order valence-corrected chi connectivity index (χ3v) is 7.15. The maximum Gasteiger partial charge on any atom is 0.253 e. The van der Waals surface area contributed by atoms with E-state index in [2.05, 4.69) is 27.0 Å². The van der Waals surface area contributed by atoms with Crippen LogP contribution in [0.2, 0.25) is 0 Å². The van der Waals surface area contributed by atoms with E-state index in [1.54, 1.807) is 6.20 Å². The van der Waals surface area contributed by atoms with Gasteiger partial charge in [-0.15, -0.1) is 0 Å². The van der Waals surface area contributed by atoms with Crippen LogP contribution in [0.5, 0.6) is 0 Å². The Morgan fingerprint density at radius 1 is 1.15 bits per heavy atom. The van der Waals surface area contributed by atoms with Crippen LogP contribution in [0.3, 0.4) is 0 Å². The van der Waals surface area contributed by atoms with Crippen molar-refractivity contribution in [3.63, 3.8) is 0 Å². The smallest absolute Gasteiger partial charge is 0.253 e. The van der Waals surface area contributed by atoms with Gasteiger partial charge in [-0.3, -0.25) is 9.59 Å². The Kier molecular flexibility index (Phi) is 5.75. The molecular weight excluding hydrogens is 412 g/mol. The number of amides is 2. The van der Waals surface area contributed by atoms with E-state index in [1.165, 1.54) is 5.56 Å². The molecule has 2 atom stereocenters. The normalized spacial score (nSPS) is 22.9. The Balaban J connectivity index is 1.42. The number of carbonyl (C=O) groups excluding carboxylic acids is 2. The zero-order valence-electron chi connectivity index (χ0n) is 19.0. The van der Waals surface area contributed by atoms with Crippen molar-refractivity contribution in [3.8, 4) is 0 Å². The first-order valence-electron chi connectivity index (χ1n) is 11.8. The van der Waals surface area contributed by atoms with E-state index in [0.29, 0.717) is 31.6 Å². The van der Waals surface area contributed by atoms with Crippen molar-refractivity contribution in [1.29, 1.82) is 0 Å². The third kappa shape index (κ3) is 4.30. The molecule has 3 aromatic rings. The lowest BCUT2D eigenvalue weighted by atomic mass is 9.79. The van der Waals surface area contributed by atoms with Gasteiger partial charge in [-0.1, -0.05) is 48.9 Å². The molecule has 0 saturated carbocycles. The van der Waals surface area contributed by atoms with E-state index in [0.717, 1.165) is 30.7 Å². The SMILES string of the molecule is Cc1nccn1Cc1cccc(C(=O)N2C[C@@H](c3ccccc3)[C@@]3(CCCCC(=O)N3)C2)c1. The molecule has 6 nitrogen and oxygen atoms in total. The van der Waals surface area contributed by atoms with E-state index in [4.69, 9.17) is 0 Å². The molecule has 0 aliphatic carbocycles. The molecule has 33 heavy (non-hydrogen) atoms. The standard InChI is InChI=1S/C27H30N4O2/c1-20-28-14-15-30(20)17-21-8-7-11-23(16-21)26(33)31-18-24(22-9-3-2-4-10-22)27(19-31)13-6-5-12-25(32)29-27/h2-4,7-11,14-16,24H,5-6,12-13,17-19H2,1H3,(H,29,32)/t24-,27+/m0/s1. The molecule has 2 saturated heterocycles. The summed E-state index contributed by atoms with van der Waals surface area (Å²) in [5, 5.41) is 3.34. The van der Waals surface area contributed by atoms with Gasteiger partial charge in [-0.25, -0.2) is 4.98 Å². The van der Waals surface area contributed by atoms with Gasteiger partial charge in [0.15, 0.2) is 0 Å². The molecule has 1 spiro atoms. The number of imidazole rings is 1. The minimum atomic E-state index is -0.407. The summed E-state index contributed by atoms with van der Waals surface area (Å²) < 4.78 is 2.07. The summed E-state index contributed by atoms with van der Waals surface area (Å²) in [5.41, 5.74) is 2.53. The van der Waals surface area contributed by atoms with Gasteiger partial charge in [-0.2, -0.15) is 0 Å². The van der Waals surface area contributed by atoms with Crippen LogP contribution in [0.25, 0.3) is 0 Å². The number of rotatable bonds is 4. The molecule has 1 N–H and O–H groups in total. The quantitative estimate of drug-likeness (QED) is 0.666. The molecule has 0 radical (unpaired) electrons. The van der Waals surface area contributed by atoms with Crippen LogP contribution in [-0.2, 0) is 11.3 Å². The van der Waals surface area contributed by atoms with Crippen LogP contribution in [0.4, 0.5) is 0 Å². The lowest BCUT2D eigenvalue weighted by molar-refractivity contribution is -0.122. The van der Waals surface area contributed by atoms with Crippen molar-refractivity contribution >= 4 is 11.8 Å². The Hall–Kier alpha value is -3.41. The van der Waals surface area contributed by atoms with Gasteiger partial charge in [0.25, 0.3) is 5.91 Å². The number of hydrogen-bond acceptors (Lipinski definition) is 3. The van der Waals surface area contributed by atoms with Crippen molar-refractivity contribution in [1.82, 2.24) is 19.8 Å². The summed E-state index contributed by atoms with van der Waals surface area (Å²) in [6, 6.07) is 18.2. The summed E-state index contributed by atoms with van der Waals surface area (Å²) in [7, 11) is 0. The van der Waals surface area contributed by atoms with Crippen LogP contribution in [0.1, 0.15) is 58.9 Å². The van der Waals surface area contributed by atoms with Crippen LogP contribution >= 0.6 is 0 Å². The van der Waals surface area contributed by atoms with E-state index < -0.39 is 5.54 Å². The number of nitrogens with zero attached hydrogens (tertiary/aromatic N) is 3. The third-order valence-electron chi connectivity index (χ3n) is 7.15. The fourth-order valence-electron chi connectivity index (χ4n) is 5.44. The van der Waals surface area contributed by atoms with Crippen molar-refractivity contribution in [3.05, 3.63) is 89.5 Å². The predicted molar refractivity (Wildman–Crippen MR) is 127 cm³/mol. The predicted octanol–water partition coefficient (Wildman–Crippen LogP) is 3.91.